The Kier molecular flexibility index (Phi) is 6.34. The molecule has 168 valence electrons. The molecule has 0 spiro atoms. The minimum atomic E-state index is -0.308. The van der Waals surface area contributed by atoms with Gasteiger partial charge < -0.3 is 4.90 Å². The molecule has 1 saturated heterocycles. The molecule has 1 aromatic carbocycles. The van der Waals surface area contributed by atoms with Crippen molar-refractivity contribution in [3.8, 4) is 0 Å². The zero-order chi connectivity index (χ0) is 23.2. The normalized spacial score (nSPS) is 21.2. The van der Waals surface area contributed by atoms with Crippen LogP contribution >= 0.6 is 12.2 Å². The van der Waals surface area contributed by atoms with Crippen LogP contribution in [-0.4, -0.2) is 51.4 Å². The van der Waals surface area contributed by atoms with E-state index in [0.29, 0.717) is 30.2 Å². The second-order valence-electron chi connectivity index (χ2n) is 9.59. The fourth-order valence-electron chi connectivity index (χ4n) is 5.29. The van der Waals surface area contributed by atoms with Gasteiger partial charge in [-0.05, 0) is 108 Å². The summed E-state index contributed by atoms with van der Waals surface area (Å²) in [5.41, 5.74) is 4.76. The highest BCUT2D eigenvalue weighted by Crippen LogP contribution is 2.45. The van der Waals surface area contributed by atoms with E-state index < -0.39 is 0 Å². The number of hydrogen-bond acceptors (Lipinski definition) is 4. The highest BCUT2D eigenvalue weighted by Gasteiger charge is 2.39. The Labute approximate surface area is 192 Å². The van der Waals surface area contributed by atoms with Crippen LogP contribution in [0.15, 0.2) is 17.7 Å². The third-order valence-corrected chi connectivity index (χ3v) is 6.97. The molecular formula is C25H35N3O2S. The topological polar surface area (TPSA) is 43.9 Å². The summed E-state index contributed by atoms with van der Waals surface area (Å²) in [7, 11) is 0. The van der Waals surface area contributed by atoms with E-state index in [2.05, 4.69) is 58.6 Å². The number of carbonyl (C=O) groups excluding carboxylic acids is 2. The fourth-order valence-corrected chi connectivity index (χ4v) is 5.71. The van der Waals surface area contributed by atoms with Crippen LogP contribution in [0.5, 0.6) is 0 Å². The predicted molar refractivity (Wildman–Crippen MR) is 131 cm³/mol. The number of nitrogens with zero attached hydrogens (tertiary/aromatic N) is 3. The minimum absolute atomic E-state index is 0.0707. The molecule has 0 N–H and O–H groups in total. The van der Waals surface area contributed by atoms with E-state index >= 15 is 0 Å². The van der Waals surface area contributed by atoms with Gasteiger partial charge in [0.25, 0.3) is 11.8 Å². The summed E-state index contributed by atoms with van der Waals surface area (Å²) in [5, 5.41) is 0.294. The second kappa shape index (κ2) is 8.38. The number of thiocarbonyl (C=S) groups is 1. The van der Waals surface area contributed by atoms with Gasteiger partial charge in [0.2, 0.25) is 0 Å². The maximum absolute atomic E-state index is 13.0. The van der Waals surface area contributed by atoms with Crippen molar-refractivity contribution in [1.82, 2.24) is 9.80 Å². The third kappa shape index (κ3) is 3.91. The van der Waals surface area contributed by atoms with Gasteiger partial charge in [0, 0.05) is 30.4 Å². The Morgan fingerprint density at radius 1 is 1.13 bits per heavy atom. The molecule has 0 bridgehead atoms. The van der Waals surface area contributed by atoms with E-state index in [1.807, 2.05) is 13.8 Å². The quantitative estimate of drug-likeness (QED) is 0.380. The standard InChI is InChI=1S/C25H35N3O2S/c1-9-26-22(29)20(23(30)27(10-2)24(26)31)13-18-12-19-17(6)14-25(7,8)28(15(3)4)21(19)11-16(18)5/h11-13,15,17H,9-10,14H2,1-8H3/t17-/m1/s1. The monoisotopic (exact) mass is 441 g/mol. The Morgan fingerprint density at radius 3 is 2.16 bits per heavy atom. The van der Waals surface area contributed by atoms with Crippen molar-refractivity contribution < 1.29 is 9.59 Å². The second-order valence-corrected chi connectivity index (χ2v) is 9.95. The minimum Gasteiger partial charge on any atom is -0.364 e. The van der Waals surface area contributed by atoms with Crippen LogP contribution in [0.1, 0.15) is 77.5 Å². The number of benzene rings is 1. The van der Waals surface area contributed by atoms with Crippen LogP contribution in [0.4, 0.5) is 5.69 Å². The number of carbonyl (C=O) groups is 2. The maximum Gasteiger partial charge on any atom is 0.265 e. The first-order chi connectivity index (χ1) is 14.4. The van der Waals surface area contributed by atoms with Crippen LogP contribution in [0.3, 0.4) is 0 Å². The Bertz CT molecular complexity index is 936. The lowest BCUT2D eigenvalue weighted by Crippen LogP contribution is -2.55. The molecule has 5 nitrogen and oxygen atoms in total. The molecule has 0 aliphatic carbocycles. The lowest BCUT2D eigenvalue weighted by atomic mass is 9.78. The van der Waals surface area contributed by atoms with Gasteiger partial charge >= 0.3 is 0 Å². The average molecular weight is 442 g/mol. The Hall–Kier alpha value is -2.21. The van der Waals surface area contributed by atoms with Gasteiger partial charge in [-0.2, -0.15) is 0 Å². The molecule has 6 heteroatoms. The summed E-state index contributed by atoms with van der Waals surface area (Å²) >= 11 is 5.38. The van der Waals surface area contributed by atoms with Crippen molar-refractivity contribution in [3.05, 3.63) is 34.4 Å². The van der Waals surface area contributed by atoms with Gasteiger partial charge in [-0.25, -0.2) is 0 Å². The van der Waals surface area contributed by atoms with Crippen molar-refractivity contribution in [2.75, 3.05) is 18.0 Å². The van der Waals surface area contributed by atoms with Crippen LogP contribution in [0.2, 0.25) is 0 Å². The van der Waals surface area contributed by atoms with Gasteiger partial charge in [0.15, 0.2) is 5.11 Å². The largest absolute Gasteiger partial charge is 0.364 e. The molecule has 2 heterocycles. The van der Waals surface area contributed by atoms with Crippen molar-refractivity contribution in [2.45, 2.75) is 79.3 Å². The van der Waals surface area contributed by atoms with Crippen molar-refractivity contribution in [1.29, 1.82) is 0 Å². The SMILES string of the molecule is CCN1C(=O)C(=Cc2cc3c(cc2C)N(C(C)C)C(C)(C)C[C@H]3C)C(=O)N(CC)C1=S. The van der Waals surface area contributed by atoms with E-state index in [1.165, 1.54) is 21.1 Å². The molecular weight excluding hydrogens is 406 g/mol. The van der Waals surface area contributed by atoms with Gasteiger partial charge in [0.1, 0.15) is 5.57 Å². The van der Waals surface area contributed by atoms with E-state index in [4.69, 9.17) is 12.2 Å². The molecule has 1 fully saturated rings. The third-order valence-electron chi connectivity index (χ3n) is 6.53. The van der Waals surface area contributed by atoms with Gasteiger partial charge in [-0.1, -0.05) is 6.92 Å². The van der Waals surface area contributed by atoms with Crippen LogP contribution in [0.25, 0.3) is 6.08 Å². The first-order valence-electron chi connectivity index (χ1n) is 11.3. The fraction of sp³-hybridized carbons (Fsp3) is 0.560. The molecule has 2 aliphatic heterocycles. The lowest BCUT2D eigenvalue weighted by molar-refractivity contribution is -0.133. The lowest BCUT2D eigenvalue weighted by Gasteiger charge is -2.50. The van der Waals surface area contributed by atoms with Crippen LogP contribution < -0.4 is 4.90 Å². The summed E-state index contributed by atoms with van der Waals surface area (Å²) < 4.78 is 0. The van der Waals surface area contributed by atoms with Gasteiger partial charge in [0.05, 0.1) is 0 Å². The highest BCUT2D eigenvalue weighted by atomic mass is 32.1. The summed E-state index contributed by atoms with van der Waals surface area (Å²) in [6.45, 7) is 18.0. The zero-order valence-corrected chi connectivity index (χ0v) is 20.9. The maximum atomic E-state index is 13.0. The summed E-state index contributed by atoms with van der Waals surface area (Å²) in [5.74, 6) is -0.225. The van der Waals surface area contributed by atoms with E-state index in [-0.39, 0.29) is 22.9 Å². The summed E-state index contributed by atoms with van der Waals surface area (Å²) in [6.07, 6.45) is 2.82. The Balaban J connectivity index is 2.14. The molecule has 0 unspecified atom stereocenters. The molecule has 31 heavy (non-hydrogen) atoms. The molecule has 0 radical (unpaired) electrons. The van der Waals surface area contributed by atoms with Crippen LogP contribution in [-0.2, 0) is 9.59 Å². The van der Waals surface area contributed by atoms with Gasteiger partial charge in [-0.3, -0.25) is 19.4 Å². The Morgan fingerprint density at radius 2 is 1.68 bits per heavy atom. The van der Waals surface area contributed by atoms with Gasteiger partial charge in [-0.15, -0.1) is 0 Å². The first-order valence-corrected chi connectivity index (χ1v) is 11.7. The van der Waals surface area contributed by atoms with Crippen LogP contribution in [0, 0.1) is 6.92 Å². The van der Waals surface area contributed by atoms with Crippen molar-refractivity contribution >= 4 is 40.9 Å². The summed E-state index contributed by atoms with van der Waals surface area (Å²) in [4.78, 5) is 31.6. The number of amides is 2. The number of rotatable bonds is 4. The van der Waals surface area contributed by atoms with Crippen molar-refractivity contribution in [2.24, 2.45) is 0 Å². The number of likely N-dealkylation sites (N-methyl/N-ethyl adjacent to an activating group) is 2. The first kappa shape index (κ1) is 23.5. The molecule has 0 aromatic heterocycles. The average Bonchev–Trinajstić information content (AvgIpc) is 2.65. The smallest absolute Gasteiger partial charge is 0.265 e. The molecule has 2 amide bonds. The predicted octanol–water partition coefficient (Wildman–Crippen LogP) is 4.87. The molecule has 0 saturated carbocycles. The molecule has 1 aromatic rings. The number of aryl methyl sites for hydroxylation is 1. The van der Waals surface area contributed by atoms with E-state index in [1.54, 1.807) is 6.08 Å². The number of anilines is 1. The van der Waals surface area contributed by atoms with E-state index in [0.717, 1.165) is 17.5 Å². The molecule has 3 rings (SSSR count). The summed E-state index contributed by atoms with van der Waals surface area (Å²) in [6, 6.07) is 4.77. The molecule has 1 atom stereocenters. The van der Waals surface area contributed by atoms with Crippen molar-refractivity contribution in [3.63, 3.8) is 0 Å². The number of fused-ring (bicyclic) bond motifs is 1. The van der Waals surface area contributed by atoms with E-state index in [9.17, 15) is 9.59 Å². The highest BCUT2D eigenvalue weighted by molar-refractivity contribution is 7.80. The number of hydrogen-bond donors (Lipinski definition) is 0. The zero-order valence-electron chi connectivity index (χ0n) is 20.1. The molecule has 2 aliphatic rings.